The molecule has 0 atom stereocenters. The molecule has 0 radical (unpaired) electrons. The van der Waals surface area contributed by atoms with Crippen LogP contribution < -0.4 is 10.6 Å². The fraction of sp³-hybridized carbons (Fsp3) is 0.455. The van der Waals surface area contributed by atoms with Crippen LogP contribution in [0.25, 0.3) is 6.08 Å². The number of nitrogens with zero attached hydrogens (tertiary/aromatic N) is 2. The number of thiazole rings is 1. The van der Waals surface area contributed by atoms with Crippen molar-refractivity contribution in [3.63, 3.8) is 0 Å². The molecular weight excluding hydrogens is 274 g/mol. The van der Waals surface area contributed by atoms with Crippen molar-refractivity contribution in [1.82, 2.24) is 4.98 Å². The number of nitrogens with two attached hydrogens (primary N) is 1. The Morgan fingerprint density at radius 3 is 2.83 bits per heavy atom. The fourth-order valence-electron chi connectivity index (χ4n) is 1.76. The van der Waals surface area contributed by atoms with E-state index in [9.17, 15) is 9.90 Å². The molecule has 0 saturated carbocycles. The Morgan fingerprint density at radius 2 is 2.22 bits per heavy atom. The van der Waals surface area contributed by atoms with Gasteiger partial charge in [0.2, 0.25) is 5.91 Å². The van der Waals surface area contributed by atoms with Gasteiger partial charge in [-0.25, -0.2) is 4.98 Å². The maximum atomic E-state index is 10.7. The minimum Gasteiger partial charge on any atom is -0.393 e. The number of primary amides is 1. The van der Waals surface area contributed by atoms with Gasteiger partial charge in [0.25, 0.3) is 0 Å². The first-order valence-corrected chi connectivity index (χ1v) is 6.82. The van der Waals surface area contributed by atoms with Crippen LogP contribution in [0, 0.1) is 0 Å². The van der Waals surface area contributed by atoms with Crippen LogP contribution in [0.4, 0.5) is 5.13 Å². The highest BCUT2D eigenvalue weighted by Crippen LogP contribution is 2.32. The number of rotatable bonds is 3. The monoisotopic (exact) mass is 287 g/mol. The van der Waals surface area contributed by atoms with E-state index in [1.165, 1.54) is 17.4 Å². The summed E-state index contributed by atoms with van der Waals surface area (Å²) in [4.78, 5) is 17.7. The number of hydrogen-bond acceptors (Lipinski definition) is 5. The van der Waals surface area contributed by atoms with Crippen LogP contribution >= 0.6 is 22.9 Å². The molecule has 1 aliphatic rings. The molecular formula is C11H14ClN3O2S. The summed E-state index contributed by atoms with van der Waals surface area (Å²) in [5, 5.41) is 10.6. The first-order chi connectivity index (χ1) is 8.56. The second-order valence-electron chi connectivity index (χ2n) is 4.11. The zero-order valence-electron chi connectivity index (χ0n) is 9.67. The summed E-state index contributed by atoms with van der Waals surface area (Å²) in [6.45, 7) is 1.54. The fourth-order valence-corrected chi connectivity index (χ4v) is 2.98. The zero-order valence-corrected chi connectivity index (χ0v) is 11.2. The van der Waals surface area contributed by atoms with Gasteiger partial charge in [0.05, 0.1) is 11.0 Å². The number of aliphatic hydroxyl groups is 1. The van der Waals surface area contributed by atoms with Gasteiger partial charge in [-0.3, -0.25) is 4.79 Å². The highest BCUT2D eigenvalue weighted by Gasteiger charge is 2.20. The predicted octanol–water partition coefficient (Wildman–Crippen LogP) is 1.26. The Kier molecular flexibility index (Phi) is 4.21. The quantitative estimate of drug-likeness (QED) is 0.820. The van der Waals surface area contributed by atoms with Crippen LogP contribution in [0.2, 0.25) is 5.15 Å². The molecule has 7 heteroatoms. The van der Waals surface area contributed by atoms with E-state index in [0.29, 0.717) is 5.15 Å². The number of hydrogen-bond donors (Lipinski definition) is 2. The van der Waals surface area contributed by atoms with Crippen LogP contribution in [-0.4, -0.2) is 35.2 Å². The maximum absolute atomic E-state index is 10.7. The number of halogens is 1. The van der Waals surface area contributed by atoms with Gasteiger partial charge in [-0.2, -0.15) is 0 Å². The molecule has 0 spiro atoms. The number of piperidine rings is 1. The highest BCUT2D eigenvalue weighted by molar-refractivity contribution is 7.17. The van der Waals surface area contributed by atoms with Gasteiger partial charge in [0.1, 0.15) is 5.15 Å². The predicted molar refractivity (Wildman–Crippen MR) is 72.8 cm³/mol. The summed E-state index contributed by atoms with van der Waals surface area (Å²) in [6.07, 6.45) is 4.10. The Balaban J connectivity index is 2.11. The van der Waals surface area contributed by atoms with Gasteiger partial charge in [-0.1, -0.05) is 22.9 Å². The summed E-state index contributed by atoms with van der Waals surface area (Å²) < 4.78 is 0. The second kappa shape index (κ2) is 5.69. The number of amides is 1. The topological polar surface area (TPSA) is 79.5 Å². The first kappa shape index (κ1) is 13.3. The third kappa shape index (κ3) is 3.22. The van der Waals surface area contributed by atoms with Gasteiger partial charge in [-0.05, 0) is 18.9 Å². The molecule has 98 valence electrons. The molecule has 1 fully saturated rings. The van der Waals surface area contributed by atoms with E-state index < -0.39 is 5.91 Å². The van der Waals surface area contributed by atoms with Crippen LogP contribution in [0.15, 0.2) is 6.08 Å². The lowest BCUT2D eigenvalue weighted by atomic mass is 10.1. The standard InChI is InChI=1S/C11H14ClN3O2S/c12-10-8(1-2-9(13)17)18-11(14-10)15-5-3-7(16)4-6-15/h1-2,7,16H,3-6H2,(H2,13,17)/b2-1+. The number of anilines is 1. The summed E-state index contributed by atoms with van der Waals surface area (Å²) in [5.74, 6) is -0.512. The summed E-state index contributed by atoms with van der Waals surface area (Å²) in [6, 6.07) is 0. The summed E-state index contributed by atoms with van der Waals surface area (Å²) in [7, 11) is 0. The molecule has 1 aromatic rings. The van der Waals surface area contributed by atoms with Crippen molar-refractivity contribution < 1.29 is 9.90 Å². The molecule has 2 rings (SSSR count). The molecule has 0 aliphatic carbocycles. The van der Waals surface area contributed by atoms with E-state index >= 15 is 0 Å². The van der Waals surface area contributed by atoms with E-state index in [1.807, 2.05) is 0 Å². The maximum Gasteiger partial charge on any atom is 0.241 e. The SMILES string of the molecule is NC(=O)/C=C/c1sc(N2CCC(O)CC2)nc1Cl. The second-order valence-corrected chi connectivity index (χ2v) is 5.47. The summed E-state index contributed by atoms with van der Waals surface area (Å²) >= 11 is 7.41. The Labute approximate surface area is 114 Å². The Morgan fingerprint density at radius 1 is 1.56 bits per heavy atom. The van der Waals surface area contributed by atoms with Gasteiger partial charge >= 0.3 is 0 Å². The van der Waals surface area contributed by atoms with Gasteiger partial charge in [0.15, 0.2) is 5.13 Å². The van der Waals surface area contributed by atoms with Gasteiger partial charge in [0, 0.05) is 19.2 Å². The lowest BCUT2D eigenvalue weighted by Crippen LogP contribution is -2.35. The Hall–Kier alpha value is -1.11. The van der Waals surface area contributed by atoms with Crippen LogP contribution in [0.1, 0.15) is 17.7 Å². The average Bonchev–Trinajstić information content (AvgIpc) is 2.69. The van der Waals surface area contributed by atoms with Crippen LogP contribution in [0.5, 0.6) is 0 Å². The van der Waals surface area contributed by atoms with Crippen molar-refractivity contribution in [3.05, 3.63) is 16.1 Å². The molecule has 0 bridgehead atoms. The molecule has 1 amide bonds. The van der Waals surface area contributed by atoms with Gasteiger partial charge < -0.3 is 15.7 Å². The van der Waals surface area contributed by atoms with E-state index in [2.05, 4.69) is 9.88 Å². The third-order valence-electron chi connectivity index (χ3n) is 2.73. The zero-order chi connectivity index (χ0) is 13.1. The number of aliphatic hydroxyl groups excluding tert-OH is 1. The third-order valence-corrected chi connectivity index (χ3v) is 4.21. The smallest absolute Gasteiger partial charge is 0.241 e. The lowest BCUT2D eigenvalue weighted by molar-refractivity contribution is -0.113. The van der Waals surface area contributed by atoms with Gasteiger partial charge in [-0.15, -0.1) is 0 Å². The Bertz CT molecular complexity index is 467. The minimum absolute atomic E-state index is 0.217. The lowest BCUT2D eigenvalue weighted by Gasteiger charge is -2.28. The van der Waals surface area contributed by atoms with Crippen molar-refractivity contribution in [2.75, 3.05) is 18.0 Å². The summed E-state index contributed by atoms with van der Waals surface area (Å²) in [5.41, 5.74) is 5.03. The molecule has 1 aromatic heterocycles. The molecule has 1 saturated heterocycles. The molecule has 0 aromatic carbocycles. The highest BCUT2D eigenvalue weighted by atomic mass is 35.5. The van der Waals surface area contributed by atoms with Crippen molar-refractivity contribution in [1.29, 1.82) is 0 Å². The van der Waals surface area contributed by atoms with Crippen molar-refractivity contribution in [2.24, 2.45) is 5.73 Å². The number of carbonyl (C=O) groups is 1. The van der Waals surface area contributed by atoms with Crippen LogP contribution in [-0.2, 0) is 4.79 Å². The van der Waals surface area contributed by atoms with E-state index in [0.717, 1.165) is 35.9 Å². The molecule has 1 aliphatic heterocycles. The number of aromatic nitrogens is 1. The van der Waals surface area contributed by atoms with Crippen LogP contribution in [0.3, 0.4) is 0 Å². The van der Waals surface area contributed by atoms with E-state index in [4.69, 9.17) is 17.3 Å². The van der Waals surface area contributed by atoms with E-state index in [-0.39, 0.29) is 6.10 Å². The van der Waals surface area contributed by atoms with Crippen molar-refractivity contribution in [3.8, 4) is 0 Å². The molecule has 5 nitrogen and oxygen atoms in total. The normalized spacial score (nSPS) is 17.6. The van der Waals surface area contributed by atoms with E-state index in [1.54, 1.807) is 6.08 Å². The molecule has 0 unspecified atom stereocenters. The van der Waals surface area contributed by atoms with Crippen molar-refractivity contribution in [2.45, 2.75) is 18.9 Å². The minimum atomic E-state index is -0.512. The molecule has 3 N–H and O–H groups in total. The molecule has 18 heavy (non-hydrogen) atoms. The first-order valence-electron chi connectivity index (χ1n) is 5.63. The van der Waals surface area contributed by atoms with Crippen molar-refractivity contribution >= 4 is 40.1 Å². The molecule has 2 heterocycles. The average molecular weight is 288 g/mol. The largest absolute Gasteiger partial charge is 0.393 e. The number of carbonyl (C=O) groups excluding carboxylic acids is 1.